The highest BCUT2D eigenvalue weighted by molar-refractivity contribution is 7.09. The predicted octanol–water partition coefficient (Wildman–Crippen LogP) is 3.20. The van der Waals surface area contributed by atoms with Crippen LogP contribution < -0.4 is 5.32 Å². The molecule has 0 amide bonds. The molecule has 18 heavy (non-hydrogen) atoms. The average Bonchev–Trinajstić information content (AvgIpc) is 2.98. The number of hydrogen-bond donors (Lipinski definition) is 1. The van der Waals surface area contributed by atoms with Crippen LogP contribution in [0.1, 0.15) is 42.9 Å². The molecule has 0 aromatic carbocycles. The van der Waals surface area contributed by atoms with Gasteiger partial charge in [0.15, 0.2) is 5.82 Å². The monoisotopic (exact) mass is 287 g/mol. The molecule has 0 fully saturated rings. The molecule has 0 radical (unpaired) electrons. The van der Waals surface area contributed by atoms with Gasteiger partial charge in [-0.25, -0.2) is 0 Å². The van der Waals surface area contributed by atoms with E-state index in [1.54, 1.807) is 11.3 Å². The zero-order valence-corrected chi connectivity index (χ0v) is 12.2. The molecule has 0 aliphatic carbocycles. The number of nitrogens with one attached hydrogen (secondary N) is 1. The molecule has 0 saturated heterocycles. The van der Waals surface area contributed by atoms with Gasteiger partial charge in [-0.1, -0.05) is 18.1 Å². The van der Waals surface area contributed by atoms with E-state index in [4.69, 9.17) is 4.52 Å². The minimum absolute atomic E-state index is 0. The topological polar surface area (TPSA) is 51.0 Å². The molecule has 1 N–H and O–H groups in total. The smallest absolute Gasteiger partial charge is 0.243 e. The molecular formula is C12H18ClN3OS. The van der Waals surface area contributed by atoms with Crippen LogP contribution in [0.2, 0.25) is 0 Å². The second-order valence-electron chi connectivity index (χ2n) is 3.98. The fourth-order valence-electron chi connectivity index (χ4n) is 1.53. The van der Waals surface area contributed by atoms with Crippen LogP contribution in [0.3, 0.4) is 0 Å². The molecule has 4 nitrogen and oxygen atoms in total. The molecule has 100 valence electrons. The van der Waals surface area contributed by atoms with Crippen molar-refractivity contribution in [2.45, 2.75) is 32.7 Å². The summed E-state index contributed by atoms with van der Waals surface area (Å²) in [6.45, 7) is 5.14. The molecule has 2 heterocycles. The van der Waals surface area contributed by atoms with Gasteiger partial charge in [-0.2, -0.15) is 4.98 Å². The van der Waals surface area contributed by atoms with Gasteiger partial charge in [-0.3, -0.25) is 0 Å². The maximum Gasteiger partial charge on any atom is 0.243 e. The lowest BCUT2D eigenvalue weighted by Crippen LogP contribution is -2.19. The number of hydrogen-bond acceptors (Lipinski definition) is 5. The quantitative estimate of drug-likeness (QED) is 0.886. The maximum atomic E-state index is 5.25. The summed E-state index contributed by atoms with van der Waals surface area (Å²) < 4.78 is 5.25. The highest BCUT2D eigenvalue weighted by Crippen LogP contribution is 2.15. The Balaban J connectivity index is 0.00000162. The molecular weight excluding hydrogens is 270 g/mol. The van der Waals surface area contributed by atoms with Crippen molar-refractivity contribution in [3.63, 3.8) is 0 Å². The Kier molecular flexibility index (Phi) is 6.32. The molecule has 1 unspecified atom stereocenters. The van der Waals surface area contributed by atoms with E-state index in [-0.39, 0.29) is 18.4 Å². The van der Waals surface area contributed by atoms with E-state index in [0.29, 0.717) is 5.89 Å². The van der Waals surface area contributed by atoms with Gasteiger partial charge in [0.05, 0.1) is 6.04 Å². The predicted molar refractivity (Wildman–Crippen MR) is 75.4 cm³/mol. The van der Waals surface area contributed by atoms with Gasteiger partial charge >= 0.3 is 0 Å². The van der Waals surface area contributed by atoms with E-state index in [0.717, 1.165) is 25.2 Å². The Morgan fingerprint density at radius 3 is 3.00 bits per heavy atom. The molecule has 0 aliphatic heterocycles. The lowest BCUT2D eigenvalue weighted by Gasteiger charge is -2.06. The first-order chi connectivity index (χ1) is 8.29. The van der Waals surface area contributed by atoms with Crippen LogP contribution in [0.25, 0.3) is 0 Å². The van der Waals surface area contributed by atoms with E-state index in [1.165, 1.54) is 4.88 Å². The van der Waals surface area contributed by atoms with Gasteiger partial charge < -0.3 is 9.84 Å². The van der Waals surface area contributed by atoms with Crippen molar-refractivity contribution in [3.8, 4) is 0 Å². The van der Waals surface area contributed by atoms with Gasteiger partial charge in [-0.05, 0) is 31.3 Å². The molecule has 0 spiro atoms. The normalized spacial score (nSPS) is 12.1. The Morgan fingerprint density at radius 2 is 2.33 bits per heavy atom. The van der Waals surface area contributed by atoms with Crippen molar-refractivity contribution < 1.29 is 4.52 Å². The van der Waals surface area contributed by atoms with E-state index >= 15 is 0 Å². The van der Waals surface area contributed by atoms with Crippen LogP contribution in [-0.4, -0.2) is 16.7 Å². The summed E-state index contributed by atoms with van der Waals surface area (Å²) in [5.74, 6) is 1.43. The molecule has 0 bridgehead atoms. The van der Waals surface area contributed by atoms with Crippen LogP contribution in [0.4, 0.5) is 0 Å². The molecule has 2 aromatic rings. The zero-order valence-electron chi connectivity index (χ0n) is 10.5. The van der Waals surface area contributed by atoms with Crippen molar-refractivity contribution in [2.75, 3.05) is 6.54 Å². The summed E-state index contributed by atoms with van der Waals surface area (Å²) in [6, 6.07) is 4.24. The minimum atomic E-state index is 0. The highest BCUT2D eigenvalue weighted by atomic mass is 35.5. The van der Waals surface area contributed by atoms with Crippen LogP contribution in [0.5, 0.6) is 0 Å². The maximum absolute atomic E-state index is 5.25. The van der Waals surface area contributed by atoms with E-state index in [2.05, 4.69) is 33.8 Å². The standard InChI is InChI=1S/C12H17N3OS.ClH/c1-3-6-13-9(2)12-14-11(15-16-12)8-10-5-4-7-17-10;/h4-5,7,9,13H,3,6,8H2,1-2H3;1H. The third-order valence-corrected chi connectivity index (χ3v) is 3.34. The molecule has 2 aromatic heterocycles. The van der Waals surface area contributed by atoms with E-state index < -0.39 is 0 Å². The lowest BCUT2D eigenvalue weighted by atomic mass is 10.3. The first-order valence-corrected chi connectivity index (χ1v) is 6.75. The highest BCUT2D eigenvalue weighted by Gasteiger charge is 2.13. The third-order valence-electron chi connectivity index (χ3n) is 2.47. The van der Waals surface area contributed by atoms with Gasteiger partial charge in [0, 0.05) is 11.3 Å². The fourth-order valence-corrected chi connectivity index (χ4v) is 2.23. The number of nitrogens with zero attached hydrogens (tertiary/aromatic N) is 2. The summed E-state index contributed by atoms with van der Waals surface area (Å²) in [7, 11) is 0. The molecule has 0 aliphatic rings. The first-order valence-electron chi connectivity index (χ1n) is 5.88. The summed E-state index contributed by atoms with van der Waals surface area (Å²) in [5.41, 5.74) is 0. The van der Waals surface area contributed by atoms with Gasteiger partial charge in [0.2, 0.25) is 5.89 Å². The lowest BCUT2D eigenvalue weighted by molar-refractivity contribution is 0.337. The van der Waals surface area contributed by atoms with Crippen molar-refractivity contribution in [1.29, 1.82) is 0 Å². The van der Waals surface area contributed by atoms with Crippen molar-refractivity contribution in [2.24, 2.45) is 0 Å². The van der Waals surface area contributed by atoms with Crippen LogP contribution in [0.15, 0.2) is 22.0 Å². The second kappa shape index (κ2) is 7.51. The fraction of sp³-hybridized carbons (Fsp3) is 0.500. The summed E-state index contributed by atoms with van der Waals surface area (Å²) >= 11 is 1.71. The minimum Gasteiger partial charge on any atom is -0.338 e. The summed E-state index contributed by atoms with van der Waals surface area (Å²) in [4.78, 5) is 5.66. The van der Waals surface area contributed by atoms with E-state index in [9.17, 15) is 0 Å². The Labute approximate surface area is 117 Å². The molecule has 1 atom stereocenters. The summed E-state index contributed by atoms with van der Waals surface area (Å²) in [6.07, 6.45) is 1.85. The number of halogens is 1. The molecule has 6 heteroatoms. The van der Waals surface area contributed by atoms with Crippen LogP contribution >= 0.6 is 23.7 Å². The number of rotatable bonds is 6. The Morgan fingerprint density at radius 1 is 1.50 bits per heavy atom. The van der Waals surface area contributed by atoms with Crippen LogP contribution in [0, 0.1) is 0 Å². The number of thiophene rings is 1. The van der Waals surface area contributed by atoms with Gasteiger partial charge in [-0.15, -0.1) is 23.7 Å². The largest absolute Gasteiger partial charge is 0.338 e. The summed E-state index contributed by atoms with van der Waals surface area (Å²) in [5, 5.41) is 9.39. The van der Waals surface area contributed by atoms with Crippen LogP contribution in [-0.2, 0) is 6.42 Å². The second-order valence-corrected chi connectivity index (χ2v) is 5.01. The Bertz CT molecular complexity index is 444. The first kappa shape index (κ1) is 15.1. The molecule has 0 saturated carbocycles. The zero-order chi connectivity index (χ0) is 12.1. The van der Waals surface area contributed by atoms with Crippen molar-refractivity contribution in [1.82, 2.24) is 15.5 Å². The van der Waals surface area contributed by atoms with E-state index in [1.807, 2.05) is 13.0 Å². The Hall–Kier alpha value is -0.910. The SMILES string of the molecule is CCCNC(C)c1nc(Cc2cccs2)no1.Cl. The molecule has 2 rings (SSSR count). The van der Waals surface area contributed by atoms with Crippen molar-refractivity contribution >= 4 is 23.7 Å². The number of aromatic nitrogens is 2. The average molecular weight is 288 g/mol. The van der Waals surface area contributed by atoms with Gasteiger partial charge in [0.1, 0.15) is 0 Å². The van der Waals surface area contributed by atoms with Gasteiger partial charge in [0.25, 0.3) is 0 Å². The van der Waals surface area contributed by atoms with Crippen molar-refractivity contribution in [3.05, 3.63) is 34.1 Å². The third kappa shape index (κ3) is 4.08.